The molecule has 5 nitrogen and oxygen atoms in total. The molecular formula is C20H23N3O2. The summed E-state index contributed by atoms with van der Waals surface area (Å²) in [4.78, 5) is 16.8. The van der Waals surface area contributed by atoms with Crippen LogP contribution in [0.25, 0.3) is 0 Å². The number of nitriles is 1. The number of pyridine rings is 1. The summed E-state index contributed by atoms with van der Waals surface area (Å²) in [5, 5.41) is 19.9. The van der Waals surface area contributed by atoms with Gasteiger partial charge in [-0.2, -0.15) is 5.26 Å². The van der Waals surface area contributed by atoms with Crippen molar-refractivity contribution in [2.24, 2.45) is 10.9 Å². The maximum Gasteiger partial charge on any atom is 0.271 e. The molecule has 0 saturated carbocycles. The first-order valence-electron chi connectivity index (χ1n) is 8.38. The highest BCUT2D eigenvalue weighted by Gasteiger charge is 2.18. The summed E-state index contributed by atoms with van der Waals surface area (Å²) >= 11 is 0. The summed E-state index contributed by atoms with van der Waals surface area (Å²) in [6, 6.07) is 9.75. The van der Waals surface area contributed by atoms with Gasteiger partial charge in [-0.15, -0.1) is 0 Å². The first kappa shape index (κ1) is 18.5. The molecule has 0 aliphatic heterocycles. The van der Waals surface area contributed by atoms with Crippen molar-refractivity contribution in [2.45, 2.75) is 40.7 Å². The maximum atomic E-state index is 12.4. The van der Waals surface area contributed by atoms with Crippen molar-refractivity contribution < 1.29 is 5.11 Å². The van der Waals surface area contributed by atoms with Crippen molar-refractivity contribution in [1.82, 2.24) is 4.57 Å². The van der Waals surface area contributed by atoms with Gasteiger partial charge in [-0.3, -0.25) is 14.4 Å². The second-order valence-electron chi connectivity index (χ2n) is 6.44. The molecule has 0 bridgehead atoms. The molecule has 5 heteroatoms. The third-order valence-electron chi connectivity index (χ3n) is 4.08. The zero-order valence-electron chi connectivity index (χ0n) is 15.1. The minimum Gasteiger partial charge on any atom is -0.494 e. The second kappa shape index (κ2) is 7.80. The monoisotopic (exact) mass is 337 g/mol. The van der Waals surface area contributed by atoms with Crippen LogP contribution in [0.4, 0.5) is 5.69 Å². The van der Waals surface area contributed by atoms with E-state index >= 15 is 0 Å². The summed E-state index contributed by atoms with van der Waals surface area (Å²) in [7, 11) is 0. The Labute approximate surface area is 147 Å². The number of aromatic hydroxyl groups is 1. The van der Waals surface area contributed by atoms with Crippen LogP contribution >= 0.6 is 0 Å². The average molecular weight is 337 g/mol. The third-order valence-corrected chi connectivity index (χ3v) is 4.08. The van der Waals surface area contributed by atoms with Gasteiger partial charge < -0.3 is 5.11 Å². The van der Waals surface area contributed by atoms with E-state index in [2.05, 4.69) is 11.9 Å². The van der Waals surface area contributed by atoms with Gasteiger partial charge in [0.2, 0.25) is 5.88 Å². The van der Waals surface area contributed by atoms with E-state index < -0.39 is 5.56 Å². The highest BCUT2D eigenvalue weighted by atomic mass is 16.3. The lowest BCUT2D eigenvalue weighted by Gasteiger charge is -2.15. The smallest absolute Gasteiger partial charge is 0.271 e. The van der Waals surface area contributed by atoms with Crippen LogP contribution in [0.3, 0.4) is 0 Å². The van der Waals surface area contributed by atoms with Crippen molar-refractivity contribution in [3.8, 4) is 11.9 Å². The number of benzene rings is 1. The SMILES string of the molecule is CCc1ccc(N=Cc2c(C)c(C#N)c(=O)n(CC(C)C)c2O)cc1. The van der Waals surface area contributed by atoms with E-state index in [1.165, 1.54) is 16.3 Å². The molecule has 0 spiro atoms. The van der Waals surface area contributed by atoms with Gasteiger partial charge in [0.25, 0.3) is 5.56 Å². The average Bonchev–Trinajstić information content (AvgIpc) is 2.59. The molecule has 1 aromatic carbocycles. The number of rotatable bonds is 5. The van der Waals surface area contributed by atoms with Crippen molar-refractivity contribution in [2.75, 3.05) is 0 Å². The minimum absolute atomic E-state index is 0.0428. The fourth-order valence-corrected chi connectivity index (χ4v) is 2.62. The van der Waals surface area contributed by atoms with E-state index in [1.807, 2.05) is 44.2 Å². The lowest BCUT2D eigenvalue weighted by atomic mass is 10.1. The molecule has 0 saturated heterocycles. The molecule has 0 fully saturated rings. The van der Waals surface area contributed by atoms with Gasteiger partial charge in [-0.1, -0.05) is 32.9 Å². The first-order valence-corrected chi connectivity index (χ1v) is 8.38. The van der Waals surface area contributed by atoms with Crippen molar-refractivity contribution in [1.29, 1.82) is 5.26 Å². The minimum atomic E-state index is -0.462. The predicted molar refractivity (Wildman–Crippen MR) is 99.7 cm³/mol. The zero-order chi connectivity index (χ0) is 18.6. The van der Waals surface area contributed by atoms with Crippen LogP contribution in [0.2, 0.25) is 0 Å². The molecule has 0 radical (unpaired) electrons. The summed E-state index contributed by atoms with van der Waals surface area (Å²) in [5.74, 6) is 0.00774. The van der Waals surface area contributed by atoms with Gasteiger partial charge in [0.05, 0.1) is 11.3 Å². The Balaban J connectivity index is 2.54. The Kier molecular flexibility index (Phi) is 5.76. The fraction of sp³-hybridized carbons (Fsp3) is 0.350. The van der Waals surface area contributed by atoms with E-state index in [4.69, 9.17) is 0 Å². The van der Waals surface area contributed by atoms with Gasteiger partial charge in [0.15, 0.2) is 0 Å². The van der Waals surface area contributed by atoms with Crippen molar-refractivity contribution in [3.05, 3.63) is 56.9 Å². The normalized spacial score (nSPS) is 11.2. The molecular weight excluding hydrogens is 314 g/mol. The van der Waals surface area contributed by atoms with E-state index in [1.54, 1.807) is 6.92 Å². The quantitative estimate of drug-likeness (QED) is 0.845. The van der Waals surface area contributed by atoms with Crippen molar-refractivity contribution >= 4 is 11.9 Å². The van der Waals surface area contributed by atoms with E-state index in [-0.39, 0.29) is 17.4 Å². The Bertz CT molecular complexity index is 885. The number of aromatic nitrogens is 1. The Morgan fingerprint density at radius 1 is 1.32 bits per heavy atom. The highest BCUT2D eigenvalue weighted by molar-refractivity contribution is 5.87. The summed E-state index contributed by atoms with van der Waals surface area (Å²) in [6.45, 7) is 7.97. The first-order chi connectivity index (χ1) is 11.9. The number of hydrogen-bond donors (Lipinski definition) is 1. The topological polar surface area (TPSA) is 78.4 Å². The molecule has 0 unspecified atom stereocenters. The van der Waals surface area contributed by atoms with E-state index in [0.717, 1.165) is 12.1 Å². The standard InChI is InChI=1S/C20H23N3O2/c1-5-15-6-8-16(9-7-15)22-11-18-14(4)17(10-21)19(24)23(20(18)25)12-13(2)3/h6-9,11,13,25H,5,12H2,1-4H3. The molecule has 130 valence electrons. The molecule has 0 atom stereocenters. The Morgan fingerprint density at radius 3 is 2.48 bits per heavy atom. The largest absolute Gasteiger partial charge is 0.494 e. The molecule has 0 amide bonds. The van der Waals surface area contributed by atoms with Crippen LogP contribution in [-0.4, -0.2) is 15.9 Å². The second-order valence-corrected chi connectivity index (χ2v) is 6.44. The fourth-order valence-electron chi connectivity index (χ4n) is 2.62. The predicted octanol–water partition coefficient (Wildman–Crippen LogP) is 3.70. The highest BCUT2D eigenvalue weighted by Crippen LogP contribution is 2.22. The number of aliphatic imine (C=N–C) groups is 1. The molecule has 2 aromatic rings. The van der Waals surface area contributed by atoms with Crippen LogP contribution in [-0.2, 0) is 13.0 Å². The molecule has 1 aromatic heterocycles. The van der Waals surface area contributed by atoms with Crippen LogP contribution in [0.1, 0.15) is 43.0 Å². The third kappa shape index (κ3) is 3.97. The van der Waals surface area contributed by atoms with Crippen molar-refractivity contribution in [3.63, 3.8) is 0 Å². The van der Waals surface area contributed by atoms with Crippen LogP contribution < -0.4 is 5.56 Å². The number of nitrogens with zero attached hydrogens (tertiary/aromatic N) is 3. The maximum absolute atomic E-state index is 12.4. The van der Waals surface area contributed by atoms with Crippen LogP contribution in [0.5, 0.6) is 5.88 Å². The summed E-state index contributed by atoms with van der Waals surface area (Å²) in [5.41, 5.74) is 2.39. The van der Waals surface area contributed by atoms with Crippen LogP contribution in [0, 0.1) is 24.2 Å². The van der Waals surface area contributed by atoms with Gasteiger partial charge in [0.1, 0.15) is 11.6 Å². The van der Waals surface area contributed by atoms with Gasteiger partial charge >= 0.3 is 0 Å². The van der Waals surface area contributed by atoms with Gasteiger partial charge in [-0.05, 0) is 42.5 Å². The molecule has 1 heterocycles. The molecule has 1 N–H and O–H groups in total. The molecule has 25 heavy (non-hydrogen) atoms. The Hall–Kier alpha value is -2.87. The molecule has 2 rings (SSSR count). The van der Waals surface area contributed by atoms with Gasteiger partial charge in [-0.25, -0.2) is 0 Å². The number of aryl methyl sites for hydroxylation is 1. The lowest BCUT2D eigenvalue weighted by molar-refractivity contribution is 0.381. The zero-order valence-corrected chi connectivity index (χ0v) is 15.1. The van der Waals surface area contributed by atoms with Crippen LogP contribution in [0.15, 0.2) is 34.1 Å². The summed E-state index contributed by atoms with van der Waals surface area (Å²) in [6.07, 6.45) is 2.47. The number of hydrogen-bond acceptors (Lipinski definition) is 4. The molecule has 0 aliphatic rings. The molecule has 0 aliphatic carbocycles. The Morgan fingerprint density at radius 2 is 1.96 bits per heavy atom. The summed E-state index contributed by atoms with van der Waals surface area (Å²) < 4.78 is 1.25. The van der Waals surface area contributed by atoms with Gasteiger partial charge in [0, 0.05) is 12.8 Å². The lowest BCUT2D eigenvalue weighted by Crippen LogP contribution is -2.27. The van der Waals surface area contributed by atoms with E-state index in [0.29, 0.717) is 17.7 Å². The van der Waals surface area contributed by atoms with E-state index in [9.17, 15) is 15.2 Å².